The fraction of sp³-hybridized carbons (Fsp3) is 0.545. The third-order valence-electron chi connectivity index (χ3n) is 6.37. The molecule has 0 radical (unpaired) electrons. The van der Waals surface area contributed by atoms with Gasteiger partial charge in [-0.25, -0.2) is 8.42 Å². The summed E-state index contributed by atoms with van der Waals surface area (Å²) in [6, 6.07) is 5.00. The van der Waals surface area contributed by atoms with Crippen LogP contribution in [0.25, 0.3) is 0 Å². The van der Waals surface area contributed by atoms with Crippen LogP contribution in [0.15, 0.2) is 29.3 Å². The molecule has 0 aliphatic carbocycles. The van der Waals surface area contributed by atoms with Crippen molar-refractivity contribution < 1.29 is 18.3 Å². The number of aromatic nitrogens is 2. The molecule has 0 saturated carbocycles. The molecule has 1 aromatic heterocycles. The molecular weight excluding hydrogens is 476 g/mol. The summed E-state index contributed by atoms with van der Waals surface area (Å²) in [5.74, 6) is 0.584. The Morgan fingerprint density at radius 2 is 2.00 bits per heavy atom. The van der Waals surface area contributed by atoms with Crippen LogP contribution in [0.3, 0.4) is 0 Å². The van der Waals surface area contributed by atoms with E-state index in [0.29, 0.717) is 49.0 Å². The van der Waals surface area contributed by atoms with E-state index < -0.39 is 16.2 Å². The number of aliphatic hydroxyl groups is 1. The maximum atomic E-state index is 13.5. The van der Waals surface area contributed by atoms with Gasteiger partial charge in [-0.05, 0) is 24.6 Å². The Hall–Kier alpha value is -2.25. The van der Waals surface area contributed by atoms with Gasteiger partial charge in [0, 0.05) is 44.8 Å². The zero-order valence-corrected chi connectivity index (χ0v) is 21.2. The van der Waals surface area contributed by atoms with Crippen molar-refractivity contribution in [2.75, 3.05) is 57.9 Å². The molecule has 1 unspecified atom stereocenters. The Kier molecular flexibility index (Phi) is 7.73. The molecule has 1 saturated heterocycles. The topological polar surface area (TPSA) is 114 Å². The number of rotatable bonds is 9. The van der Waals surface area contributed by atoms with Gasteiger partial charge in [-0.1, -0.05) is 25.6 Å². The Balaban J connectivity index is 1.68. The average Bonchev–Trinajstić information content (AvgIpc) is 3.34. The second-order valence-corrected chi connectivity index (χ2v) is 10.8. The molecule has 1 fully saturated rings. The molecule has 12 heteroatoms. The molecule has 4 rings (SSSR count). The Bertz CT molecular complexity index is 1110. The number of fused-ring (bicyclic) bond motifs is 1. The van der Waals surface area contributed by atoms with E-state index in [1.54, 1.807) is 31.5 Å². The second kappa shape index (κ2) is 10.6. The van der Waals surface area contributed by atoms with Crippen LogP contribution in [0.2, 0.25) is 0 Å². The van der Waals surface area contributed by atoms with Crippen LogP contribution < -0.4 is 15.0 Å². The van der Waals surface area contributed by atoms with Gasteiger partial charge in [0.15, 0.2) is 0 Å². The number of thiocarbonyl (C=S) groups is 1. The van der Waals surface area contributed by atoms with Crippen LogP contribution in [-0.4, -0.2) is 90.9 Å². The van der Waals surface area contributed by atoms with Crippen LogP contribution in [0.5, 0.6) is 5.75 Å². The summed E-state index contributed by atoms with van der Waals surface area (Å²) < 4.78 is 34.2. The van der Waals surface area contributed by atoms with Crippen LogP contribution >= 0.6 is 12.2 Å². The monoisotopic (exact) mass is 508 g/mol. The smallest absolute Gasteiger partial charge is 0.243 e. The van der Waals surface area contributed by atoms with E-state index in [4.69, 9.17) is 22.1 Å². The third kappa shape index (κ3) is 4.78. The highest BCUT2D eigenvalue weighted by Gasteiger charge is 2.35. The minimum atomic E-state index is -3.69. The van der Waals surface area contributed by atoms with Crippen LogP contribution in [-0.2, 0) is 10.0 Å². The van der Waals surface area contributed by atoms with E-state index in [1.807, 2.05) is 0 Å². The third-order valence-corrected chi connectivity index (χ3v) is 8.59. The van der Waals surface area contributed by atoms with E-state index in [2.05, 4.69) is 32.2 Å². The molecule has 0 bridgehead atoms. The van der Waals surface area contributed by atoms with Crippen molar-refractivity contribution in [2.45, 2.75) is 30.8 Å². The fourth-order valence-electron chi connectivity index (χ4n) is 4.47. The molecule has 1 atom stereocenters. The van der Waals surface area contributed by atoms with Gasteiger partial charge in [0.25, 0.3) is 0 Å². The average molecular weight is 509 g/mol. The molecule has 10 nitrogen and oxygen atoms in total. The highest BCUT2D eigenvalue weighted by molar-refractivity contribution is 7.89. The molecular formula is C22H32N6O4S2. The van der Waals surface area contributed by atoms with Crippen molar-refractivity contribution in [3.05, 3.63) is 35.7 Å². The van der Waals surface area contributed by atoms with Crippen molar-refractivity contribution >= 4 is 32.9 Å². The predicted molar refractivity (Wildman–Crippen MR) is 134 cm³/mol. The zero-order valence-electron chi connectivity index (χ0n) is 19.5. The van der Waals surface area contributed by atoms with Crippen molar-refractivity contribution in [2.24, 2.45) is 0 Å². The van der Waals surface area contributed by atoms with Crippen molar-refractivity contribution in [3.63, 3.8) is 0 Å². The van der Waals surface area contributed by atoms with Crippen molar-refractivity contribution in [3.8, 4) is 5.75 Å². The molecule has 2 aliphatic heterocycles. The van der Waals surface area contributed by atoms with Crippen LogP contribution in [0.1, 0.15) is 37.2 Å². The number of methoxy groups -OCH3 is 1. The zero-order chi connectivity index (χ0) is 24.3. The minimum Gasteiger partial charge on any atom is -0.496 e. The van der Waals surface area contributed by atoms with Gasteiger partial charge in [0.05, 0.1) is 30.5 Å². The van der Waals surface area contributed by atoms with Gasteiger partial charge in [-0.3, -0.25) is 10.00 Å². The Morgan fingerprint density at radius 3 is 2.68 bits per heavy atom. The molecule has 2 aliphatic rings. The van der Waals surface area contributed by atoms with E-state index in [-0.39, 0.29) is 11.5 Å². The highest BCUT2D eigenvalue weighted by atomic mass is 32.2. The molecule has 1 aromatic carbocycles. The van der Waals surface area contributed by atoms with Gasteiger partial charge < -0.3 is 20.1 Å². The summed E-state index contributed by atoms with van der Waals surface area (Å²) in [5.41, 5.74) is 2.34. The molecule has 2 aromatic rings. The van der Waals surface area contributed by atoms with Gasteiger partial charge >= 0.3 is 0 Å². The number of β-amino-alcohol motifs (C(OH)–C–C–N with tert-alkyl or cyclic N) is 1. The van der Waals surface area contributed by atoms with Crippen molar-refractivity contribution in [1.29, 1.82) is 0 Å². The lowest BCUT2D eigenvalue weighted by Gasteiger charge is -2.39. The minimum absolute atomic E-state index is 0.0672. The summed E-state index contributed by atoms with van der Waals surface area (Å²) >= 11 is 5.58. The highest BCUT2D eigenvalue weighted by Crippen LogP contribution is 2.37. The second-order valence-electron chi connectivity index (χ2n) is 8.43. The molecule has 186 valence electrons. The number of anilines is 1. The van der Waals surface area contributed by atoms with E-state index >= 15 is 0 Å². The standard InChI is InChI=1S/C22H32N6O4S2/c1-3-4-7-28-18-15-23-25-20(18)22(33)24-21(28)17-14-16(5-6-19(17)32-2)34(30,31)27-10-8-26(9-11-27)12-13-29/h5-6,14-15,21,29H,3-4,7-13H2,1-2H3,(H,23,25)(H,24,33). The van der Waals surface area contributed by atoms with E-state index in [9.17, 15) is 8.42 Å². The maximum absolute atomic E-state index is 13.5. The lowest BCUT2D eigenvalue weighted by atomic mass is 10.1. The normalized spacial score (nSPS) is 19.7. The number of aliphatic hydroxyl groups excluding tert-OH is 1. The van der Waals surface area contributed by atoms with E-state index in [0.717, 1.165) is 30.8 Å². The fourth-order valence-corrected chi connectivity index (χ4v) is 6.19. The molecule has 34 heavy (non-hydrogen) atoms. The first-order valence-electron chi connectivity index (χ1n) is 11.5. The number of unbranched alkanes of at least 4 members (excludes halogenated alkanes) is 1. The number of nitrogens with zero attached hydrogens (tertiary/aromatic N) is 4. The number of ether oxygens (including phenoxy) is 1. The van der Waals surface area contributed by atoms with Gasteiger partial charge in [-0.2, -0.15) is 9.40 Å². The van der Waals surface area contributed by atoms with Crippen LogP contribution in [0.4, 0.5) is 5.69 Å². The molecule has 0 spiro atoms. The number of aromatic amines is 1. The first kappa shape index (κ1) is 24.9. The Labute approximate surface area is 205 Å². The number of benzene rings is 1. The summed E-state index contributed by atoms with van der Waals surface area (Å²) in [6.45, 7) is 5.45. The number of hydrogen-bond donors (Lipinski definition) is 3. The SMILES string of the molecule is CCCCN1c2cn[nH]c2C(=S)NC1c1cc(S(=O)(=O)N2CCN(CCO)CC2)ccc1OC. The largest absolute Gasteiger partial charge is 0.496 e. The number of H-pyrrole nitrogens is 1. The lowest BCUT2D eigenvalue weighted by Crippen LogP contribution is -2.49. The van der Waals surface area contributed by atoms with Gasteiger partial charge in [-0.15, -0.1) is 0 Å². The summed E-state index contributed by atoms with van der Waals surface area (Å²) in [7, 11) is -2.12. The molecule has 0 amide bonds. The Morgan fingerprint density at radius 1 is 1.24 bits per heavy atom. The number of hydrogen-bond acceptors (Lipinski definition) is 8. The van der Waals surface area contributed by atoms with Gasteiger partial charge in [0.1, 0.15) is 22.6 Å². The molecule has 3 heterocycles. The maximum Gasteiger partial charge on any atom is 0.243 e. The van der Waals surface area contributed by atoms with E-state index in [1.165, 1.54) is 4.31 Å². The predicted octanol–water partition coefficient (Wildman–Crippen LogP) is 1.30. The number of sulfonamides is 1. The summed E-state index contributed by atoms with van der Waals surface area (Å²) in [4.78, 5) is 4.97. The first-order valence-corrected chi connectivity index (χ1v) is 13.4. The number of piperazine rings is 1. The first-order chi connectivity index (χ1) is 16.4. The summed E-state index contributed by atoms with van der Waals surface area (Å²) in [6.07, 6.45) is 3.32. The quantitative estimate of drug-likeness (QED) is 0.431. The number of nitrogens with one attached hydrogen (secondary N) is 2. The summed E-state index contributed by atoms with van der Waals surface area (Å²) in [5, 5.41) is 19.6. The van der Waals surface area contributed by atoms with Crippen molar-refractivity contribution in [1.82, 2.24) is 24.7 Å². The van der Waals surface area contributed by atoms with Crippen LogP contribution in [0, 0.1) is 0 Å². The molecule has 3 N–H and O–H groups in total. The van der Waals surface area contributed by atoms with Gasteiger partial charge in [0.2, 0.25) is 10.0 Å². The lowest BCUT2D eigenvalue weighted by molar-refractivity contribution is 0.151.